The van der Waals surface area contributed by atoms with Crippen LogP contribution >= 0.6 is 11.6 Å². The molecule has 0 aromatic heterocycles. The molecule has 0 aliphatic heterocycles. The van der Waals surface area contributed by atoms with Crippen molar-refractivity contribution in [2.75, 3.05) is 17.3 Å². The fraction of sp³-hybridized carbons (Fsp3) is 0.333. The number of primary amides is 1. The molecule has 0 aliphatic carbocycles. The number of anilines is 1. The second-order valence-electron chi connectivity index (χ2n) is 4.57. The van der Waals surface area contributed by atoms with Gasteiger partial charge in [0.25, 0.3) is 0 Å². The van der Waals surface area contributed by atoms with E-state index < -0.39 is 27.7 Å². The van der Waals surface area contributed by atoms with Crippen LogP contribution in [0.15, 0.2) is 18.2 Å². The van der Waals surface area contributed by atoms with Gasteiger partial charge in [-0.3, -0.25) is 9.59 Å². The Morgan fingerprint density at radius 3 is 2.48 bits per heavy atom. The molecule has 0 aliphatic rings. The van der Waals surface area contributed by atoms with E-state index in [1.165, 1.54) is 18.2 Å². The Bertz CT molecular complexity index is 660. The summed E-state index contributed by atoms with van der Waals surface area (Å²) in [6.45, 7) is 0. The van der Waals surface area contributed by atoms with Crippen LogP contribution in [-0.2, 0) is 14.6 Å². The molecule has 0 spiro atoms. The molecule has 0 saturated heterocycles. The quantitative estimate of drug-likeness (QED) is 0.681. The summed E-state index contributed by atoms with van der Waals surface area (Å²) < 4.78 is 22.0. The Morgan fingerprint density at radius 2 is 2.00 bits per heavy atom. The van der Waals surface area contributed by atoms with Gasteiger partial charge in [0.1, 0.15) is 9.84 Å². The van der Waals surface area contributed by atoms with E-state index in [0.29, 0.717) is 5.69 Å². The van der Waals surface area contributed by atoms with Gasteiger partial charge in [-0.05, 0) is 24.6 Å². The van der Waals surface area contributed by atoms with Crippen LogP contribution in [0.3, 0.4) is 0 Å². The lowest BCUT2D eigenvalue weighted by atomic mass is 10.2. The largest absolute Gasteiger partial charge is 0.366 e. The van der Waals surface area contributed by atoms with Crippen molar-refractivity contribution in [2.45, 2.75) is 12.5 Å². The predicted molar refractivity (Wildman–Crippen MR) is 80.9 cm³/mol. The summed E-state index contributed by atoms with van der Waals surface area (Å²) in [6, 6.07) is 3.23. The average Bonchev–Trinajstić information content (AvgIpc) is 2.34. The molecule has 0 radical (unpaired) electrons. The van der Waals surface area contributed by atoms with E-state index in [-0.39, 0.29) is 22.8 Å². The summed E-state index contributed by atoms with van der Waals surface area (Å²) in [5.41, 5.74) is 11.2. The summed E-state index contributed by atoms with van der Waals surface area (Å²) in [6.07, 6.45) is 1.08. The lowest BCUT2D eigenvalue weighted by Crippen LogP contribution is -2.37. The number of amides is 2. The Morgan fingerprint density at radius 1 is 1.38 bits per heavy atom. The predicted octanol–water partition coefficient (Wildman–Crippen LogP) is 0.139. The van der Waals surface area contributed by atoms with Gasteiger partial charge < -0.3 is 16.8 Å². The monoisotopic (exact) mass is 333 g/mol. The molecule has 1 atom stereocenters. The molecule has 1 aromatic carbocycles. The molecule has 5 N–H and O–H groups in total. The number of rotatable bonds is 6. The zero-order chi connectivity index (χ0) is 16.2. The van der Waals surface area contributed by atoms with Gasteiger partial charge in [0, 0.05) is 11.9 Å². The zero-order valence-electron chi connectivity index (χ0n) is 11.3. The molecule has 9 heteroatoms. The van der Waals surface area contributed by atoms with Crippen molar-refractivity contribution < 1.29 is 18.0 Å². The Balaban J connectivity index is 2.70. The highest BCUT2D eigenvalue weighted by Gasteiger charge is 2.17. The first-order valence-corrected chi connectivity index (χ1v) is 8.37. The van der Waals surface area contributed by atoms with Crippen molar-refractivity contribution in [1.29, 1.82) is 0 Å². The maximum absolute atomic E-state index is 11.8. The van der Waals surface area contributed by atoms with Gasteiger partial charge in [-0.2, -0.15) is 0 Å². The van der Waals surface area contributed by atoms with Crippen LogP contribution in [-0.4, -0.2) is 38.3 Å². The van der Waals surface area contributed by atoms with Crippen LogP contribution in [0.1, 0.15) is 16.8 Å². The molecule has 0 fully saturated rings. The average molecular weight is 334 g/mol. The fourth-order valence-corrected chi connectivity index (χ4v) is 2.46. The van der Waals surface area contributed by atoms with Crippen LogP contribution in [0.2, 0.25) is 5.02 Å². The first-order chi connectivity index (χ1) is 9.60. The molecule has 1 unspecified atom stereocenters. The number of halogens is 1. The van der Waals surface area contributed by atoms with E-state index in [1.807, 2.05) is 0 Å². The van der Waals surface area contributed by atoms with E-state index >= 15 is 0 Å². The first-order valence-electron chi connectivity index (χ1n) is 5.93. The van der Waals surface area contributed by atoms with E-state index in [2.05, 4.69) is 5.32 Å². The molecule has 116 valence electrons. The third kappa shape index (κ3) is 5.70. The van der Waals surface area contributed by atoms with Gasteiger partial charge in [-0.1, -0.05) is 11.6 Å². The van der Waals surface area contributed by atoms with E-state index in [0.717, 1.165) is 6.26 Å². The molecule has 2 amide bonds. The molecule has 1 rings (SSSR count). The summed E-state index contributed by atoms with van der Waals surface area (Å²) >= 11 is 5.85. The molecule has 0 heterocycles. The molecular formula is C12H16ClN3O4S. The minimum Gasteiger partial charge on any atom is -0.366 e. The first kappa shape index (κ1) is 17.4. The van der Waals surface area contributed by atoms with Crippen LogP contribution in [0.5, 0.6) is 0 Å². The van der Waals surface area contributed by atoms with Crippen molar-refractivity contribution in [3.8, 4) is 0 Å². The standard InChI is InChI=1S/C12H16ClN3O4S/c1-21(19,20)5-4-10(14)12(18)16-7-2-3-8(11(15)17)9(13)6-7/h2-3,6,10H,4-5,14H2,1H3,(H2,15,17)(H,16,18). The Hall–Kier alpha value is -1.64. The molecule has 1 aromatic rings. The number of sulfone groups is 1. The van der Waals surface area contributed by atoms with Crippen LogP contribution in [0.4, 0.5) is 5.69 Å². The van der Waals surface area contributed by atoms with Gasteiger partial charge in [0.2, 0.25) is 11.8 Å². The van der Waals surface area contributed by atoms with Gasteiger partial charge in [0.15, 0.2) is 0 Å². The number of nitrogens with one attached hydrogen (secondary N) is 1. The van der Waals surface area contributed by atoms with Crippen LogP contribution < -0.4 is 16.8 Å². The second-order valence-corrected chi connectivity index (χ2v) is 7.24. The Kier molecular flexibility index (Phi) is 5.70. The van der Waals surface area contributed by atoms with Gasteiger partial charge in [-0.15, -0.1) is 0 Å². The van der Waals surface area contributed by atoms with Crippen molar-refractivity contribution in [3.05, 3.63) is 28.8 Å². The van der Waals surface area contributed by atoms with E-state index in [4.69, 9.17) is 23.1 Å². The fourth-order valence-electron chi connectivity index (χ4n) is 1.50. The maximum atomic E-state index is 11.8. The van der Waals surface area contributed by atoms with Crippen molar-refractivity contribution in [1.82, 2.24) is 0 Å². The SMILES string of the molecule is CS(=O)(=O)CCC(N)C(=O)Nc1ccc(C(N)=O)c(Cl)c1. The Labute approximate surface area is 127 Å². The van der Waals surface area contributed by atoms with Crippen molar-refractivity contribution >= 4 is 38.9 Å². The van der Waals surface area contributed by atoms with Crippen LogP contribution in [0, 0.1) is 0 Å². The number of carbonyl (C=O) groups is 2. The van der Waals surface area contributed by atoms with Gasteiger partial charge >= 0.3 is 0 Å². The molecule has 7 nitrogen and oxygen atoms in total. The molecule has 0 saturated carbocycles. The third-order valence-corrected chi connectivity index (χ3v) is 3.93. The lowest BCUT2D eigenvalue weighted by Gasteiger charge is -2.12. The third-order valence-electron chi connectivity index (χ3n) is 2.64. The highest BCUT2D eigenvalue weighted by molar-refractivity contribution is 7.90. The molecule has 21 heavy (non-hydrogen) atoms. The van der Waals surface area contributed by atoms with Gasteiger partial charge in [-0.25, -0.2) is 8.42 Å². The number of benzene rings is 1. The van der Waals surface area contributed by atoms with Crippen LogP contribution in [0.25, 0.3) is 0 Å². The normalized spacial score (nSPS) is 12.7. The van der Waals surface area contributed by atoms with E-state index in [9.17, 15) is 18.0 Å². The summed E-state index contributed by atoms with van der Waals surface area (Å²) in [5, 5.41) is 2.59. The molecular weight excluding hydrogens is 318 g/mol. The summed E-state index contributed by atoms with van der Waals surface area (Å²) in [5.74, 6) is -1.40. The smallest absolute Gasteiger partial charge is 0.250 e. The maximum Gasteiger partial charge on any atom is 0.250 e. The highest BCUT2D eigenvalue weighted by Crippen LogP contribution is 2.20. The van der Waals surface area contributed by atoms with Crippen molar-refractivity contribution in [2.24, 2.45) is 11.5 Å². The number of carbonyl (C=O) groups excluding carboxylic acids is 2. The summed E-state index contributed by atoms with van der Waals surface area (Å²) in [4.78, 5) is 22.8. The second kappa shape index (κ2) is 6.88. The number of nitrogens with two attached hydrogens (primary N) is 2. The number of hydrogen-bond acceptors (Lipinski definition) is 5. The minimum atomic E-state index is -3.18. The topological polar surface area (TPSA) is 132 Å². The van der Waals surface area contributed by atoms with Crippen molar-refractivity contribution in [3.63, 3.8) is 0 Å². The summed E-state index contributed by atoms with van der Waals surface area (Å²) in [7, 11) is -3.18. The molecule has 0 bridgehead atoms. The zero-order valence-corrected chi connectivity index (χ0v) is 12.9. The van der Waals surface area contributed by atoms with Gasteiger partial charge in [0.05, 0.1) is 22.4 Å². The lowest BCUT2D eigenvalue weighted by molar-refractivity contribution is -0.117. The van der Waals surface area contributed by atoms with E-state index in [1.54, 1.807) is 0 Å². The highest BCUT2D eigenvalue weighted by atomic mass is 35.5. The number of hydrogen-bond donors (Lipinski definition) is 3. The minimum absolute atomic E-state index is 0.0117.